The number of carboxylic acids is 1. The van der Waals surface area contributed by atoms with Crippen LogP contribution in [0.5, 0.6) is 0 Å². The van der Waals surface area contributed by atoms with Crippen molar-refractivity contribution in [3.63, 3.8) is 0 Å². The van der Waals surface area contributed by atoms with Gasteiger partial charge in [-0.25, -0.2) is 9.78 Å². The minimum Gasteiger partial charge on any atom is -0.480 e. The van der Waals surface area contributed by atoms with Crippen molar-refractivity contribution in [2.24, 2.45) is 0 Å². The molecule has 1 aromatic heterocycles. The maximum Gasteiger partial charge on any atom is 0.328 e. The third-order valence-electron chi connectivity index (χ3n) is 3.46. The molecule has 17 heavy (non-hydrogen) atoms. The highest BCUT2D eigenvalue weighted by Gasteiger charge is 2.33. The van der Waals surface area contributed by atoms with Gasteiger partial charge in [0.25, 0.3) is 0 Å². The lowest BCUT2D eigenvalue weighted by molar-refractivity contribution is -0.142. The number of nitrogens with zero attached hydrogens (tertiary/aromatic N) is 2. The summed E-state index contributed by atoms with van der Waals surface area (Å²) in [6.07, 6.45) is 2.39. The molecule has 0 aliphatic heterocycles. The van der Waals surface area contributed by atoms with Crippen LogP contribution in [0.4, 0.5) is 5.82 Å². The summed E-state index contributed by atoms with van der Waals surface area (Å²) in [7, 11) is 1.77. The molecule has 1 aliphatic carbocycles. The highest BCUT2D eigenvalue weighted by Crippen LogP contribution is 2.39. The molecule has 2 rings (SSSR count). The van der Waals surface area contributed by atoms with E-state index in [1.807, 2.05) is 18.2 Å². The van der Waals surface area contributed by atoms with E-state index in [-0.39, 0.29) is 0 Å². The molecule has 1 N–H and O–H groups in total. The minimum absolute atomic E-state index is 0.580. The molecular weight excluding hydrogens is 216 g/mol. The molecule has 4 heteroatoms. The lowest BCUT2D eigenvalue weighted by Crippen LogP contribution is -2.48. The van der Waals surface area contributed by atoms with Gasteiger partial charge in [-0.2, -0.15) is 0 Å². The highest BCUT2D eigenvalue weighted by molar-refractivity contribution is 5.81. The summed E-state index contributed by atoms with van der Waals surface area (Å²) in [5.74, 6) is 0.455. The van der Waals surface area contributed by atoms with E-state index in [0.29, 0.717) is 5.92 Å². The van der Waals surface area contributed by atoms with Crippen molar-refractivity contribution >= 4 is 11.8 Å². The Morgan fingerprint density at radius 1 is 1.47 bits per heavy atom. The van der Waals surface area contributed by atoms with E-state index in [1.165, 1.54) is 12.8 Å². The Kier molecular flexibility index (Phi) is 2.81. The van der Waals surface area contributed by atoms with Crippen molar-refractivity contribution in [2.75, 3.05) is 11.9 Å². The van der Waals surface area contributed by atoms with Crippen molar-refractivity contribution < 1.29 is 9.90 Å². The fourth-order valence-electron chi connectivity index (χ4n) is 1.66. The number of carbonyl (C=O) groups is 1. The Hall–Kier alpha value is -1.58. The van der Waals surface area contributed by atoms with Gasteiger partial charge in [-0.1, -0.05) is 6.07 Å². The van der Waals surface area contributed by atoms with Crippen LogP contribution < -0.4 is 4.90 Å². The lowest BCUT2D eigenvalue weighted by Gasteiger charge is -2.32. The molecule has 0 amide bonds. The summed E-state index contributed by atoms with van der Waals surface area (Å²) < 4.78 is 0. The molecule has 1 aromatic rings. The highest BCUT2D eigenvalue weighted by atomic mass is 16.4. The first kappa shape index (κ1) is 11.9. The van der Waals surface area contributed by atoms with E-state index < -0.39 is 11.5 Å². The number of hydrogen-bond donors (Lipinski definition) is 1. The predicted molar refractivity (Wildman–Crippen MR) is 66.3 cm³/mol. The average molecular weight is 234 g/mol. The number of aliphatic carboxylic acids is 1. The maximum atomic E-state index is 11.2. The fourth-order valence-corrected chi connectivity index (χ4v) is 1.66. The Labute approximate surface area is 101 Å². The molecule has 92 valence electrons. The van der Waals surface area contributed by atoms with Gasteiger partial charge >= 0.3 is 5.97 Å². The SMILES string of the molecule is CN(c1cccc(C2CC2)n1)C(C)(C)C(=O)O. The van der Waals surface area contributed by atoms with E-state index >= 15 is 0 Å². The summed E-state index contributed by atoms with van der Waals surface area (Å²) >= 11 is 0. The second-order valence-electron chi connectivity index (χ2n) is 5.12. The van der Waals surface area contributed by atoms with Crippen LogP contribution in [0.3, 0.4) is 0 Å². The first-order valence-corrected chi connectivity index (χ1v) is 5.87. The topological polar surface area (TPSA) is 53.4 Å². The average Bonchev–Trinajstić information content (AvgIpc) is 3.11. The van der Waals surface area contributed by atoms with Gasteiger partial charge in [0.05, 0.1) is 0 Å². The quantitative estimate of drug-likeness (QED) is 0.868. The van der Waals surface area contributed by atoms with Gasteiger partial charge in [-0.3, -0.25) is 0 Å². The largest absolute Gasteiger partial charge is 0.480 e. The van der Waals surface area contributed by atoms with Crippen molar-refractivity contribution in [3.8, 4) is 0 Å². The number of carboxylic acid groups (broad SMARTS) is 1. The molecule has 0 spiro atoms. The van der Waals surface area contributed by atoms with E-state index in [1.54, 1.807) is 25.8 Å². The molecule has 0 unspecified atom stereocenters. The number of rotatable bonds is 4. The van der Waals surface area contributed by atoms with Gasteiger partial charge in [-0.05, 0) is 38.8 Å². The summed E-state index contributed by atoms with van der Waals surface area (Å²) in [5.41, 5.74) is 0.130. The van der Waals surface area contributed by atoms with Crippen LogP contribution in [-0.4, -0.2) is 28.6 Å². The molecule has 4 nitrogen and oxygen atoms in total. The number of pyridine rings is 1. The second-order valence-corrected chi connectivity index (χ2v) is 5.12. The Bertz CT molecular complexity index is 439. The van der Waals surface area contributed by atoms with Gasteiger partial charge < -0.3 is 10.0 Å². The zero-order valence-electron chi connectivity index (χ0n) is 10.5. The molecule has 0 radical (unpaired) electrons. The van der Waals surface area contributed by atoms with Gasteiger partial charge in [0.15, 0.2) is 0 Å². The van der Waals surface area contributed by atoms with Gasteiger partial charge in [0.2, 0.25) is 0 Å². The summed E-state index contributed by atoms with van der Waals surface area (Å²) in [6.45, 7) is 3.36. The van der Waals surface area contributed by atoms with Crippen molar-refractivity contribution in [1.29, 1.82) is 0 Å². The number of anilines is 1. The maximum absolute atomic E-state index is 11.2. The number of aromatic nitrogens is 1. The van der Waals surface area contributed by atoms with E-state index in [2.05, 4.69) is 4.98 Å². The smallest absolute Gasteiger partial charge is 0.328 e. The van der Waals surface area contributed by atoms with Crippen LogP contribution in [-0.2, 0) is 4.79 Å². The van der Waals surface area contributed by atoms with Crippen molar-refractivity contribution in [1.82, 2.24) is 4.98 Å². The number of hydrogen-bond acceptors (Lipinski definition) is 3. The monoisotopic (exact) mass is 234 g/mol. The molecule has 1 fully saturated rings. The molecule has 0 aromatic carbocycles. The first-order valence-electron chi connectivity index (χ1n) is 5.87. The van der Waals surface area contributed by atoms with Crippen LogP contribution >= 0.6 is 0 Å². The number of likely N-dealkylation sites (N-methyl/N-ethyl adjacent to an activating group) is 1. The standard InChI is InChI=1S/C13H18N2O2/c1-13(2,12(16)17)15(3)11-6-4-5-10(14-11)9-7-8-9/h4-6,9H,7-8H2,1-3H3,(H,16,17). The summed E-state index contributed by atoms with van der Waals surface area (Å²) in [4.78, 5) is 17.5. The van der Waals surface area contributed by atoms with Crippen LogP contribution in [0, 0.1) is 0 Å². The molecule has 0 bridgehead atoms. The van der Waals surface area contributed by atoms with Crippen molar-refractivity contribution in [3.05, 3.63) is 23.9 Å². The fraction of sp³-hybridized carbons (Fsp3) is 0.538. The van der Waals surface area contributed by atoms with Crippen LogP contribution in [0.15, 0.2) is 18.2 Å². The lowest BCUT2D eigenvalue weighted by atomic mass is 10.0. The van der Waals surface area contributed by atoms with Crippen LogP contribution in [0.2, 0.25) is 0 Å². The summed E-state index contributed by atoms with van der Waals surface area (Å²) in [6, 6.07) is 5.82. The normalized spacial score (nSPS) is 15.7. The Morgan fingerprint density at radius 3 is 2.65 bits per heavy atom. The van der Waals surface area contributed by atoms with E-state index in [4.69, 9.17) is 0 Å². The third kappa shape index (κ3) is 2.25. The third-order valence-corrected chi connectivity index (χ3v) is 3.46. The molecular formula is C13H18N2O2. The molecule has 1 aliphatic rings. The van der Waals surface area contributed by atoms with E-state index in [0.717, 1.165) is 11.5 Å². The Morgan fingerprint density at radius 2 is 2.12 bits per heavy atom. The second kappa shape index (κ2) is 4.02. The van der Waals surface area contributed by atoms with Crippen LogP contribution in [0.1, 0.15) is 38.3 Å². The minimum atomic E-state index is -0.949. The molecule has 1 heterocycles. The van der Waals surface area contributed by atoms with Gasteiger partial charge in [-0.15, -0.1) is 0 Å². The molecule has 1 saturated carbocycles. The van der Waals surface area contributed by atoms with E-state index in [9.17, 15) is 9.90 Å². The summed E-state index contributed by atoms with van der Waals surface area (Å²) in [5, 5.41) is 9.19. The predicted octanol–water partition coefficient (Wildman–Crippen LogP) is 2.26. The first-order chi connectivity index (χ1) is 7.93. The van der Waals surface area contributed by atoms with Crippen LogP contribution in [0.25, 0.3) is 0 Å². The van der Waals surface area contributed by atoms with Crippen molar-refractivity contribution in [2.45, 2.75) is 38.1 Å². The molecule has 0 saturated heterocycles. The molecule has 0 atom stereocenters. The Balaban J connectivity index is 2.27. The zero-order chi connectivity index (χ0) is 12.6. The van der Waals surface area contributed by atoms with Gasteiger partial charge in [0.1, 0.15) is 11.4 Å². The zero-order valence-corrected chi connectivity index (χ0v) is 10.5. The van der Waals surface area contributed by atoms with Gasteiger partial charge in [0, 0.05) is 18.7 Å².